The van der Waals surface area contributed by atoms with Crippen molar-refractivity contribution in [3.05, 3.63) is 227 Å². The minimum Gasteiger partial charge on any atom is -0.302 e. The predicted octanol–water partition coefficient (Wildman–Crippen LogP) is 13.0. The lowest BCUT2D eigenvalue weighted by Crippen LogP contribution is -2.26. The van der Waals surface area contributed by atoms with Crippen molar-refractivity contribution in [3.8, 4) is 11.1 Å². The molecule has 252 valence electrons. The monoisotopic (exact) mass is 685 g/mol. The third kappa shape index (κ3) is 3.97. The molecule has 1 N–H and O–H groups in total. The van der Waals surface area contributed by atoms with Gasteiger partial charge in [-0.25, -0.2) is 0 Å². The highest BCUT2D eigenvalue weighted by Gasteiger charge is 2.50. The van der Waals surface area contributed by atoms with E-state index >= 15 is 0 Å². The summed E-state index contributed by atoms with van der Waals surface area (Å²) in [7, 11) is 0. The summed E-state index contributed by atoms with van der Waals surface area (Å²) >= 11 is 0. The average molecular weight is 686 g/mol. The molecule has 1 unspecified atom stereocenters. The molecule has 2 aliphatic carbocycles. The standard InChI is InChI=1S/C53H35N/c1-2-12-33(13-3-1)32-54-52(36-26-28-42-40-18-5-4-16-38(40)39-17-6-7-19-41(39)44(42)30-36)37-27-29-47-45(31-37)43-20-8-9-21-46(43)53(47)48-22-10-14-34-24-25-35-15-11-23-49(53)51(35)50(34)48/h1-31,52,54H,32H2. The van der Waals surface area contributed by atoms with Crippen LogP contribution in [0.25, 0.3) is 65.0 Å². The van der Waals surface area contributed by atoms with Crippen LogP contribution in [0.5, 0.6) is 0 Å². The highest BCUT2D eigenvalue weighted by molar-refractivity contribution is 6.25. The Bertz CT molecular complexity index is 3070. The zero-order valence-corrected chi connectivity index (χ0v) is 29.7. The van der Waals surface area contributed by atoms with Crippen molar-refractivity contribution in [3.63, 3.8) is 0 Å². The van der Waals surface area contributed by atoms with Gasteiger partial charge in [-0.1, -0.05) is 176 Å². The van der Waals surface area contributed by atoms with Crippen molar-refractivity contribution < 1.29 is 0 Å². The molecule has 1 atom stereocenters. The van der Waals surface area contributed by atoms with Gasteiger partial charge in [-0.15, -0.1) is 0 Å². The molecule has 0 fully saturated rings. The molecule has 0 aromatic heterocycles. The van der Waals surface area contributed by atoms with E-state index in [1.807, 2.05) is 0 Å². The van der Waals surface area contributed by atoms with E-state index < -0.39 is 0 Å². The van der Waals surface area contributed by atoms with Crippen molar-refractivity contribution in [2.75, 3.05) is 0 Å². The second-order valence-corrected chi connectivity index (χ2v) is 15.2. The minimum absolute atomic E-state index is 0.0264. The summed E-state index contributed by atoms with van der Waals surface area (Å²) in [5, 5.41) is 17.3. The zero-order chi connectivity index (χ0) is 35.4. The summed E-state index contributed by atoms with van der Waals surface area (Å²) in [6.07, 6.45) is 0. The van der Waals surface area contributed by atoms with Crippen LogP contribution in [0, 0.1) is 0 Å². The third-order valence-electron chi connectivity index (χ3n) is 12.6. The maximum absolute atomic E-state index is 4.04. The Labute approximate surface area is 314 Å². The molecule has 0 aliphatic heterocycles. The Morgan fingerprint density at radius 3 is 1.57 bits per heavy atom. The molecule has 0 bridgehead atoms. The second-order valence-electron chi connectivity index (χ2n) is 15.2. The molecule has 0 saturated heterocycles. The zero-order valence-electron chi connectivity index (χ0n) is 29.7. The molecule has 1 heteroatoms. The second kappa shape index (κ2) is 11.2. The van der Waals surface area contributed by atoms with E-state index in [-0.39, 0.29) is 11.5 Å². The van der Waals surface area contributed by atoms with Gasteiger partial charge in [0.1, 0.15) is 0 Å². The molecule has 54 heavy (non-hydrogen) atoms. The first-order chi connectivity index (χ1) is 26.8. The van der Waals surface area contributed by atoms with E-state index in [9.17, 15) is 0 Å². The molecule has 10 aromatic carbocycles. The van der Waals surface area contributed by atoms with Crippen LogP contribution in [0.3, 0.4) is 0 Å². The van der Waals surface area contributed by atoms with E-state index in [4.69, 9.17) is 0 Å². The lowest BCUT2D eigenvalue weighted by Gasteiger charge is -2.31. The van der Waals surface area contributed by atoms with Crippen LogP contribution >= 0.6 is 0 Å². The maximum Gasteiger partial charge on any atom is 0.0725 e. The van der Waals surface area contributed by atoms with Crippen LogP contribution in [0.1, 0.15) is 45.0 Å². The Kier molecular flexibility index (Phi) is 6.23. The smallest absolute Gasteiger partial charge is 0.0725 e. The number of fused-ring (bicyclic) bond motifs is 13. The van der Waals surface area contributed by atoms with E-state index in [1.165, 1.54) is 104 Å². The number of hydrogen-bond acceptors (Lipinski definition) is 1. The van der Waals surface area contributed by atoms with Crippen LogP contribution in [-0.2, 0) is 12.0 Å². The first kappa shape index (κ1) is 30.0. The van der Waals surface area contributed by atoms with Gasteiger partial charge in [-0.3, -0.25) is 0 Å². The van der Waals surface area contributed by atoms with Crippen molar-refractivity contribution >= 4 is 53.9 Å². The predicted molar refractivity (Wildman–Crippen MR) is 226 cm³/mol. The highest BCUT2D eigenvalue weighted by Crippen LogP contribution is 2.62. The van der Waals surface area contributed by atoms with E-state index in [1.54, 1.807) is 0 Å². The molecular weight excluding hydrogens is 651 g/mol. The topological polar surface area (TPSA) is 12.0 Å². The fraction of sp³-hybridized carbons (Fsp3) is 0.0566. The molecule has 1 spiro atoms. The number of rotatable bonds is 5. The summed E-state index contributed by atoms with van der Waals surface area (Å²) in [6.45, 7) is 0.763. The van der Waals surface area contributed by atoms with Crippen LogP contribution in [0.4, 0.5) is 0 Å². The number of nitrogens with one attached hydrogen (secondary N) is 1. The van der Waals surface area contributed by atoms with E-state index in [2.05, 4.69) is 193 Å². The summed E-state index contributed by atoms with van der Waals surface area (Å²) in [5.74, 6) is 0. The van der Waals surface area contributed by atoms with Gasteiger partial charge in [0.25, 0.3) is 0 Å². The van der Waals surface area contributed by atoms with Crippen LogP contribution in [-0.4, -0.2) is 0 Å². The molecule has 0 radical (unpaired) electrons. The van der Waals surface area contributed by atoms with Crippen LogP contribution < -0.4 is 5.32 Å². The van der Waals surface area contributed by atoms with Gasteiger partial charge in [-0.05, 0) is 116 Å². The summed E-state index contributed by atoms with van der Waals surface area (Å²) in [5.41, 5.74) is 11.7. The molecule has 10 aromatic rings. The summed E-state index contributed by atoms with van der Waals surface area (Å²) < 4.78 is 0. The Hall–Kier alpha value is -6.54. The maximum atomic E-state index is 4.04. The van der Waals surface area contributed by atoms with Crippen molar-refractivity contribution in [1.82, 2.24) is 5.32 Å². The quantitative estimate of drug-likeness (QED) is 0.178. The largest absolute Gasteiger partial charge is 0.302 e. The van der Waals surface area contributed by atoms with Gasteiger partial charge in [0.2, 0.25) is 0 Å². The van der Waals surface area contributed by atoms with Crippen molar-refractivity contribution in [2.24, 2.45) is 0 Å². The molecule has 0 saturated carbocycles. The van der Waals surface area contributed by atoms with Gasteiger partial charge >= 0.3 is 0 Å². The summed E-state index contributed by atoms with van der Waals surface area (Å²) in [4.78, 5) is 0. The lowest BCUT2D eigenvalue weighted by molar-refractivity contribution is 0.605. The molecule has 2 aliphatic rings. The fourth-order valence-corrected chi connectivity index (χ4v) is 10.3. The molecule has 0 heterocycles. The first-order valence-corrected chi connectivity index (χ1v) is 19.1. The molecule has 1 nitrogen and oxygen atoms in total. The summed E-state index contributed by atoms with van der Waals surface area (Å²) in [6, 6.07) is 70.6. The lowest BCUT2D eigenvalue weighted by atomic mass is 9.70. The Morgan fingerprint density at radius 1 is 0.370 bits per heavy atom. The van der Waals surface area contributed by atoms with E-state index in [0.717, 1.165) is 6.54 Å². The molecular formula is C53H35N. The number of hydrogen-bond donors (Lipinski definition) is 1. The molecule has 0 amide bonds. The van der Waals surface area contributed by atoms with E-state index in [0.29, 0.717) is 0 Å². The Balaban J connectivity index is 1.09. The third-order valence-corrected chi connectivity index (χ3v) is 12.6. The Morgan fingerprint density at radius 2 is 0.889 bits per heavy atom. The normalized spacial score (nSPS) is 14.1. The average Bonchev–Trinajstić information content (AvgIpc) is 3.71. The van der Waals surface area contributed by atoms with Crippen molar-refractivity contribution in [2.45, 2.75) is 18.0 Å². The minimum atomic E-state index is -0.358. The van der Waals surface area contributed by atoms with Crippen LogP contribution in [0.2, 0.25) is 0 Å². The van der Waals surface area contributed by atoms with Gasteiger partial charge in [0, 0.05) is 6.54 Å². The number of benzene rings is 10. The first-order valence-electron chi connectivity index (χ1n) is 19.1. The SMILES string of the molecule is c1ccc(CNC(c2ccc3c(c2)-c2ccccc2C32c3cccc4ccc5cccc2c5c34)c2ccc3c4ccccc4c4ccccc4c3c2)cc1. The van der Waals surface area contributed by atoms with Crippen molar-refractivity contribution in [1.29, 1.82) is 0 Å². The van der Waals surface area contributed by atoms with Gasteiger partial charge in [0.05, 0.1) is 11.5 Å². The fourth-order valence-electron chi connectivity index (χ4n) is 10.3. The van der Waals surface area contributed by atoms with Gasteiger partial charge in [-0.2, -0.15) is 0 Å². The molecule has 12 rings (SSSR count). The van der Waals surface area contributed by atoms with Gasteiger partial charge in [0.15, 0.2) is 0 Å². The van der Waals surface area contributed by atoms with Gasteiger partial charge < -0.3 is 5.32 Å². The highest BCUT2D eigenvalue weighted by atomic mass is 14.9. The van der Waals surface area contributed by atoms with Crippen LogP contribution in [0.15, 0.2) is 188 Å².